The second-order valence-corrected chi connectivity index (χ2v) is 9.25. The highest BCUT2D eigenvalue weighted by Gasteiger charge is 2.41. The summed E-state index contributed by atoms with van der Waals surface area (Å²) in [5.41, 5.74) is 0.767. The van der Waals surface area contributed by atoms with Gasteiger partial charge < -0.3 is 19.7 Å². The van der Waals surface area contributed by atoms with Crippen LogP contribution >= 0.6 is 0 Å². The van der Waals surface area contributed by atoms with Gasteiger partial charge >= 0.3 is 0 Å². The van der Waals surface area contributed by atoms with Crippen molar-refractivity contribution < 1.29 is 27.4 Å². The fraction of sp³-hybridized carbons (Fsp3) is 0.421. The van der Waals surface area contributed by atoms with Crippen molar-refractivity contribution in [1.29, 1.82) is 0 Å². The summed E-state index contributed by atoms with van der Waals surface area (Å²) >= 11 is 0. The van der Waals surface area contributed by atoms with E-state index in [1.165, 1.54) is 36.0 Å². The Hall–Kier alpha value is -2.43. The molecule has 2 unspecified atom stereocenters. The van der Waals surface area contributed by atoms with Gasteiger partial charge in [0.2, 0.25) is 10.0 Å². The largest absolute Gasteiger partial charge is 0.488 e. The predicted octanol–water partition coefficient (Wildman–Crippen LogP) is 1.54. The van der Waals surface area contributed by atoms with Crippen LogP contribution in [0.5, 0.6) is 5.75 Å². The van der Waals surface area contributed by atoms with Crippen LogP contribution in [0.25, 0.3) is 0 Å². The van der Waals surface area contributed by atoms with E-state index in [-0.39, 0.29) is 28.9 Å². The molecule has 4 rings (SSSR count). The molecule has 0 radical (unpaired) electrons. The number of aryl methyl sites for hydroxylation is 2. The van der Waals surface area contributed by atoms with Crippen molar-refractivity contribution in [2.24, 2.45) is 13.0 Å². The first-order valence-corrected chi connectivity index (χ1v) is 10.8. The topological polar surface area (TPSA) is 110 Å². The number of aliphatic hydroxyl groups is 1. The maximum atomic E-state index is 13.5. The summed E-state index contributed by atoms with van der Waals surface area (Å²) in [5.74, 6) is -0.992. The maximum absolute atomic E-state index is 13.5. The number of anilines is 1. The van der Waals surface area contributed by atoms with Gasteiger partial charge in [-0.2, -0.15) is 0 Å². The van der Waals surface area contributed by atoms with Crippen LogP contribution < -0.4 is 14.8 Å². The first-order valence-electron chi connectivity index (χ1n) is 9.27. The van der Waals surface area contributed by atoms with Crippen LogP contribution in [0.15, 0.2) is 29.3 Å². The minimum atomic E-state index is -3.98. The summed E-state index contributed by atoms with van der Waals surface area (Å²) in [4.78, 5) is 12.7. The Kier molecular flexibility index (Phi) is 4.88. The Bertz CT molecular complexity index is 1080. The number of amides is 1. The molecule has 2 aromatic rings. The number of hydrogen-bond donors (Lipinski definition) is 3. The molecule has 2 aliphatic rings. The Balaban J connectivity index is 1.64. The van der Waals surface area contributed by atoms with E-state index in [0.717, 1.165) is 12.8 Å². The summed E-state index contributed by atoms with van der Waals surface area (Å²) in [5, 5.41) is 13.0. The third-order valence-electron chi connectivity index (χ3n) is 5.25. The van der Waals surface area contributed by atoms with Gasteiger partial charge in [-0.1, -0.05) is 0 Å². The molecule has 156 valence electrons. The van der Waals surface area contributed by atoms with Crippen molar-refractivity contribution in [2.75, 3.05) is 11.9 Å². The minimum Gasteiger partial charge on any atom is -0.488 e. The molecule has 0 spiro atoms. The highest BCUT2D eigenvalue weighted by Crippen LogP contribution is 2.37. The lowest BCUT2D eigenvalue weighted by Gasteiger charge is -2.21. The molecule has 0 saturated heterocycles. The number of ether oxygens (including phenoxy) is 1. The fourth-order valence-electron chi connectivity index (χ4n) is 3.49. The van der Waals surface area contributed by atoms with Crippen LogP contribution in [0.2, 0.25) is 0 Å². The van der Waals surface area contributed by atoms with E-state index in [1.807, 2.05) is 0 Å². The van der Waals surface area contributed by atoms with Gasteiger partial charge in [0.05, 0.1) is 12.1 Å². The van der Waals surface area contributed by atoms with Gasteiger partial charge in [-0.15, -0.1) is 0 Å². The zero-order valence-corrected chi connectivity index (χ0v) is 16.8. The summed E-state index contributed by atoms with van der Waals surface area (Å²) in [7, 11) is -2.45. The summed E-state index contributed by atoms with van der Waals surface area (Å²) in [6.45, 7) is 1.48. The van der Waals surface area contributed by atoms with Crippen LogP contribution in [-0.4, -0.2) is 42.8 Å². The first kappa shape index (κ1) is 19.9. The standard InChI is InChI=1S/C19H22FN3O5S/c1-10-7-12(5-6-13(10)20)21-19(25)16-18-15(8-23(16)2)29(26,27)22-14(9-28-18)17(24)11-3-4-11/h5-8,11,14,17,22,24H,3-4,9H2,1-2H3,(H,21,25). The van der Waals surface area contributed by atoms with E-state index in [4.69, 9.17) is 4.74 Å². The molecule has 2 heterocycles. The first-order chi connectivity index (χ1) is 13.7. The Morgan fingerprint density at radius 3 is 2.79 bits per heavy atom. The molecule has 1 saturated carbocycles. The highest BCUT2D eigenvalue weighted by molar-refractivity contribution is 7.89. The van der Waals surface area contributed by atoms with Crippen molar-refractivity contribution >= 4 is 21.6 Å². The number of nitrogens with one attached hydrogen (secondary N) is 2. The second-order valence-electron chi connectivity index (χ2n) is 7.57. The van der Waals surface area contributed by atoms with Gasteiger partial charge in [-0.05, 0) is 49.4 Å². The zero-order valence-electron chi connectivity index (χ0n) is 16.0. The summed E-state index contributed by atoms with van der Waals surface area (Å²) < 4.78 is 48.6. The van der Waals surface area contributed by atoms with Gasteiger partial charge in [0.25, 0.3) is 5.91 Å². The van der Waals surface area contributed by atoms with E-state index >= 15 is 0 Å². The smallest absolute Gasteiger partial charge is 0.276 e. The van der Waals surface area contributed by atoms with E-state index in [9.17, 15) is 22.7 Å². The molecule has 2 atom stereocenters. The molecule has 0 bridgehead atoms. The van der Waals surface area contributed by atoms with Crippen LogP contribution in [-0.2, 0) is 17.1 Å². The number of benzene rings is 1. The third kappa shape index (κ3) is 3.75. The van der Waals surface area contributed by atoms with E-state index in [1.54, 1.807) is 6.92 Å². The molecule has 1 aromatic heterocycles. The molecular weight excluding hydrogens is 401 g/mol. The Labute approximate surface area is 167 Å². The summed E-state index contributed by atoms with van der Waals surface area (Å²) in [6, 6.07) is 3.35. The molecule has 8 nitrogen and oxygen atoms in total. The number of hydrogen-bond acceptors (Lipinski definition) is 5. The van der Waals surface area contributed by atoms with Crippen molar-refractivity contribution in [2.45, 2.75) is 36.8 Å². The molecular formula is C19H22FN3O5S. The number of aliphatic hydroxyl groups excluding tert-OH is 1. The Morgan fingerprint density at radius 2 is 2.14 bits per heavy atom. The molecule has 1 aromatic carbocycles. The van der Waals surface area contributed by atoms with Crippen LogP contribution in [0.4, 0.5) is 10.1 Å². The Morgan fingerprint density at radius 1 is 1.41 bits per heavy atom. The highest BCUT2D eigenvalue weighted by atomic mass is 32.2. The lowest BCUT2D eigenvalue weighted by Crippen LogP contribution is -2.46. The fourth-order valence-corrected chi connectivity index (χ4v) is 4.92. The number of carbonyl (C=O) groups is 1. The van der Waals surface area contributed by atoms with Crippen molar-refractivity contribution in [1.82, 2.24) is 9.29 Å². The van der Waals surface area contributed by atoms with E-state index < -0.39 is 33.9 Å². The maximum Gasteiger partial charge on any atom is 0.276 e. The number of aromatic nitrogens is 1. The quantitative estimate of drug-likeness (QED) is 0.691. The predicted molar refractivity (Wildman–Crippen MR) is 103 cm³/mol. The average molecular weight is 423 g/mol. The molecule has 29 heavy (non-hydrogen) atoms. The van der Waals surface area contributed by atoms with E-state index in [0.29, 0.717) is 11.3 Å². The third-order valence-corrected chi connectivity index (χ3v) is 6.74. The van der Waals surface area contributed by atoms with E-state index in [2.05, 4.69) is 10.0 Å². The van der Waals surface area contributed by atoms with Crippen molar-refractivity contribution in [3.05, 3.63) is 41.5 Å². The number of sulfonamides is 1. The van der Waals surface area contributed by atoms with Crippen molar-refractivity contribution in [3.8, 4) is 5.75 Å². The monoisotopic (exact) mass is 423 g/mol. The zero-order chi connectivity index (χ0) is 20.9. The number of nitrogens with zero attached hydrogens (tertiary/aromatic N) is 1. The molecule has 3 N–H and O–H groups in total. The van der Waals surface area contributed by atoms with Gasteiger partial charge in [-0.25, -0.2) is 17.5 Å². The molecule has 1 aliphatic carbocycles. The number of halogens is 1. The SMILES string of the molecule is Cc1cc(NC(=O)c2c3c(cn2C)S(=O)(=O)NC(C(O)C2CC2)CO3)ccc1F. The lowest BCUT2D eigenvalue weighted by molar-refractivity contribution is 0.0898. The average Bonchev–Trinajstić information content (AvgIpc) is 3.45. The van der Waals surface area contributed by atoms with Gasteiger partial charge in [0, 0.05) is 18.9 Å². The van der Waals surface area contributed by atoms with Crippen LogP contribution in [0, 0.1) is 18.7 Å². The molecule has 1 aliphatic heterocycles. The lowest BCUT2D eigenvalue weighted by atomic mass is 10.1. The van der Waals surface area contributed by atoms with Crippen LogP contribution in [0.3, 0.4) is 0 Å². The number of rotatable bonds is 4. The van der Waals surface area contributed by atoms with Crippen LogP contribution in [0.1, 0.15) is 28.9 Å². The molecule has 1 fully saturated rings. The van der Waals surface area contributed by atoms with Gasteiger partial charge in [-0.3, -0.25) is 4.79 Å². The molecule has 10 heteroatoms. The number of fused-ring (bicyclic) bond motifs is 1. The van der Waals surface area contributed by atoms with Gasteiger partial charge in [0.1, 0.15) is 17.3 Å². The van der Waals surface area contributed by atoms with Crippen molar-refractivity contribution in [3.63, 3.8) is 0 Å². The number of carbonyl (C=O) groups excluding carboxylic acids is 1. The second kappa shape index (κ2) is 7.12. The van der Waals surface area contributed by atoms with Gasteiger partial charge in [0.15, 0.2) is 11.4 Å². The minimum absolute atomic E-state index is 0.0221. The normalized spacial score (nSPS) is 21.6. The summed E-state index contributed by atoms with van der Waals surface area (Å²) in [6.07, 6.45) is 2.15. The molecule has 1 amide bonds.